The quantitative estimate of drug-likeness (QED) is 0.0361. The van der Waals surface area contributed by atoms with Crippen molar-refractivity contribution in [2.24, 2.45) is 0 Å². The number of benzene rings is 2. The van der Waals surface area contributed by atoms with Gasteiger partial charge in [0, 0.05) is 11.1 Å². The van der Waals surface area contributed by atoms with E-state index in [1.807, 2.05) is 0 Å². The van der Waals surface area contributed by atoms with Gasteiger partial charge in [-0.15, -0.1) is 0 Å². The molecule has 0 atom stereocenters. The Kier molecular flexibility index (Phi) is 33.4. The summed E-state index contributed by atoms with van der Waals surface area (Å²) in [7, 11) is 0. The molecular formula is C54H92N+. The number of nitrogens with zero attached hydrogens (tertiary/aromatic N) is 1. The van der Waals surface area contributed by atoms with Gasteiger partial charge in [0.25, 0.3) is 0 Å². The Morgan fingerprint density at radius 3 is 0.836 bits per heavy atom. The van der Waals surface area contributed by atoms with Crippen molar-refractivity contribution in [3.05, 3.63) is 96.1 Å². The summed E-state index contributed by atoms with van der Waals surface area (Å²) in [5.41, 5.74) is 2.90. The summed E-state index contributed by atoms with van der Waals surface area (Å²) in [5.74, 6) is 0. The van der Waals surface area contributed by atoms with E-state index in [0.717, 1.165) is 30.7 Å². The van der Waals surface area contributed by atoms with E-state index in [4.69, 9.17) is 0 Å². The maximum atomic E-state index is 2.53. The highest BCUT2D eigenvalue weighted by Crippen LogP contribution is 2.22. The summed E-state index contributed by atoms with van der Waals surface area (Å²) in [6.07, 6.45) is 55.5. The first-order valence-corrected chi connectivity index (χ1v) is 24.5. The van der Waals surface area contributed by atoms with Crippen LogP contribution in [0.25, 0.3) is 0 Å². The molecule has 2 aromatic rings. The van der Waals surface area contributed by atoms with Crippen molar-refractivity contribution < 1.29 is 4.48 Å². The van der Waals surface area contributed by atoms with Gasteiger partial charge in [-0.05, 0) is 37.8 Å². The second-order valence-corrected chi connectivity index (χ2v) is 17.4. The number of unbranched alkanes of at least 4 members (excludes halogenated alkanes) is 30. The molecule has 0 N–H and O–H groups in total. The van der Waals surface area contributed by atoms with Crippen molar-refractivity contribution in [3.8, 4) is 0 Å². The van der Waals surface area contributed by atoms with Crippen molar-refractivity contribution in [2.75, 3.05) is 13.1 Å². The van der Waals surface area contributed by atoms with Crippen LogP contribution in [0.15, 0.2) is 85.0 Å². The highest BCUT2D eigenvalue weighted by Gasteiger charge is 2.26. The van der Waals surface area contributed by atoms with Gasteiger partial charge < -0.3 is 4.48 Å². The average molecular weight is 755 g/mol. The first kappa shape index (κ1) is 49.0. The van der Waals surface area contributed by atoms with Crippen molar-refractivity contribution in [1.82, 2.24) is 0 Å². The van der Waals surface area contributed by atoms with Crippen LogP contribution in [0, 0.1) is 0 Å². The average Bonchev–Trinajstić information content (AvgIpc) is 3.20. The molecule has 0 unspecified atom stereocenters. The summed E-state index contributed by atoms with van der Waals surface area (Å²) in [6.45, 7) is 8.94. The Bertz CT molecular complexity index is 1010. The fourth-order valence-corrected chi connectivity index (χ4v) is 8.43. The third kappa shape index (κ3) is 29.7. The molecule has 0 aliphatic heterocycles. The fraction of sp³-hybridized carbons (Fsp3) is 0.704. The van der Waals surface area contributed by atoms with Gasteiger partial charge in [-0.3, -0.25) is 0 Å². The number of quaternary nitrogens is 1. The molecule has 0 fully saturated rings. The Hall–Kier alpha value is -2.12. The molecular weight excluding hydrogens is 663 g/mol. The molecule has 2 rings (SSSR count). The normalized spacial score (nSPS) is 12.1. The Morgan fingerprint density at radius 1 is 0.309 bits per heavy atom. The molecule has 0 bridgehead atoms. The third-order valence-electron chi connectivity index (χ3n) is 12.0. The van der Waals surface area contributed by atoms with Crippen LogP contribution >= 0.6 is 0 Å². The molecule has 0 spiro atoms. The van der Waals surface area contributed by atoms with Gasteiger partial charge in [-0.1, -0.05) is 266 Å². The zero-order valence-electron chi connectivity index (χ0n) is 37.0. The van der Waals surface area contributed by atoms with E-state index >= 15 is 0 Å². The van der Waals surface area contributed by atoms with Crippen LogP contribution in [0.3, 0.4) is 0 Å². The first-order chi connectivity index (χ1) is 27.3. The maximum absolute atomic E-state index is 2.53. The summed E-state index contributed by atoms with van der Waals surface area (Å²) < 4.78 is 1.05. The minimum Gasteiger partial charge on any atom is -0.310 e. The van der Waals surface area contributed by atoms with Crippen molar-refractivity contribution in [1.29, 1.82) is 0 Å². The second-order valence-electron chi connectivity index (χ2n) is 17.4. The lowest BCUT2D eigenvalue weighted by molar-refractivity contribution is -0.943. The highest BCUT2D eigenvalue weighted by molar-refractivity contribution is 5.16. The SMILES string of the molecule is CCCCCCCCCCCCCCCCC/C=C/C[N+](C/C=C/CCCCCCCCCCCCCCCCC)(Cc1ccccc1)Cc1ccccc1. The number of hydrogen-bond donors (Lipinski definition) is 0. The fourth-order valence-electron chi connectivity index (χ4n) is 8.43. The number of rotatable bonds is 40. The van der Waals surface area contributed by atoms with Crippen molar-refractivity contribution >= 4 is 0 Å². The minimum atomic E-state index is 1.05. The number of hydrogen-bond acceptors (Lipinski definition) is 0. The van der Waals surface area contributed by atoms with Crippen LogP contribution in [0.2, 0.25) is 0 Å². The molecule has 0 aliphatic carbocycles. The summed E-state index contributed by atoms with van der Waals surface area (Å²) in [4.78, 5) is 0. The van der Waals surface area contributed by atoms with E-state index in [9.17, 15) is 0 Å². The smallest absolute Gasteiger partial charge is 0.105 e. The molecule has 2 aromatic carbocycles. The highest BCUT2D eigenvalue weighted by atomic mass is 15.3. The molecule has 1 nitrogen and oxygen atoms in total. The van der Waals surface area contributed by atoms with Gasteiger partial charge in [-0.25, -0.2) is 0 Å². The lowest BCUT2D eigenvalue weighted by Crippen LogP contribution is -2.46. The Morgan fingerprint density at radius 2 is 0.564 bits per heavy atom. The van der Waals surface area contributed by atoms with Crippen LogP contribution in [-0.2, 0) is 13.1 Å². The number of allylic oxidation sites excluding steroid dienone is 2. The predicted molar refractivity (Wildman–Crippen MR) is 248 cm³/mol. The van der Waals surface area contributed by atoms with Crippen LogP contribution < -0.4 is 0 Å². The van der Waals surface area contributed by atoms with Crippen molar-refractivity contribution in [2.45, 2.75) is 232 Å². The zero-order chi connectivity index (χ0) is 39.0. The molecule has 312 valence electrons. The van der Waals surface area contributed by atoms with Gasteiger partial charge in [0.2, 0.25) is 0 Å². The second kappa shape index (κ2) is 37.5. The predicted octanol–water partition coefficient (Wildman–Crippen LogP) is 17.8. The topological polar surface area (TPSA) is 0 Å². The molecule has 0 heterocycles. The molecule has 0 aromatic heterocycles. The summed E-state index contributed by atoms with van der Waals surface area (Å²) >= 11 is 0. The molecule has 0 saturated carbocycles. The van der Waals surface area contributed by atoms with Crippen LogP contribution in [0.1, 0.15) is 230 Å². The standard InChI is InChI=1S/C54H92N/c1-3-5-7-9-11-13-15-17-19-21-23-25-27-29-31-33-35-43-49-55(51-53-45-39-37-40-46-53,52-54-47-41-38-42-48-54)50-44-36-34-32-30-28-26-24-22-20-18-16-14-12-10-8-6-4-2/h35-48H,3-34,49-52H2,1-2H3/q+1/b43-35+,44-36+. The van der Waals surface area contributed by atoms with Gasteiger partial charge in [0.15, 0.2) is 0 Å². The van der Waals surface area contributed by atoms with E-state index < -0.39 is 0 Å². The lowest BCUT2D eigenvalue weighted by Gasteiger charge is -2.37. The van der Waals surface area contributed by atoms with E-state index in [1.54, 1.807) is 0 Å². The van der Waals surface area contributed by atoms with Gasteiger partial charge in [0.1, 0.15) is 13.1 Å². The molecule has 0 radical (unpaired) electrons. The summed E-state index contributed by atoms with van der Waals surface area (Å²) in [5, 5.41) is 0. The first-order valence-electron chi connectivity index (χ1n) is 24.5. The van der Waals surface area contributed by atoms with E-state index in [2.05, 4.69) is 98.8 Å². The molecule has 1 heteroatoms. The largest absolute Gasteiger partial charge is 0.310 e. The third-order valence-corrected chi connectivity index (χ3v) is 12.0. The Labute approximate surface area is 344 Å². The molecule has 0 aliphatic rings. The van der Waals surface area contributed by atoms with Gasteiger partial charge >= 0.3 is 0 Å². The van der Waals surface area contributed by atoms with Crippen LogP contribution in [0.4, 0.5) is 0 Å². The van der Waals surface area contributed by atoms with E-state index in [0.29, 0.717) is 0 Å². The van der Waals surface area contributed by atoms with E-state index in [1.165, 1.54) is 217 Å². The van der Waals surface area contributed by atoms with Gasteiger partial charge in [0.05, 0.1) is 13.1 Å². The van der Waals surface area contributed by atoms with E-state index in [-0.39, 0.29) is 0 Å². The monoisotopic (exact) mass is 755 g/mol. The zero-order valence-corrected chi connectivity index (χ0v) is 37.0. The summed E-state index contributed by atoms with van der Waals surface area (Å²) in [6, 6.07) is 22.5. The maximum Gasteiger partial charge on any atom is 0.105 e. The lowest BCUT2D eigenvalue weighted by atomic mass is 10.0. The van der Waals surface area contributed by atoms with Crippen LogP contribution in [-0.4, -0.2) is 17.6 Å². The Balaban J connectivity index is 1.69. The minimum absolute atomic E-state index is 1.05. The molecule has 55 heavy (non-hydrogen) atoms. The molecule has 0 amide bonds. The molecule has 0 saturated heterocycles. The van der Waals surface area contributed by atoms with Crippen molar-refractivity contribution in [3.63, 3.8) is 0 Å². The van der Waals surface area contributed by atoms with Crippen LogP contribution in [0.5, 0.6) is 0 Å². The van der Waals surface area contributed by atoms with Gasteiger partial charge in [-0.2, -0.15) is 0 Å².